The summed E-state index contributed by atoms with van der Waals surface area (Å²) in [6, 6.07) is 14.9. The molecule has 102 valence electrons. The van der Waals surface area contributed by atoms with E-state index in [-0.39, 0.29) is 12.4 Å². The van der Waals surface area contributed by atoms with Crippen LogP contribution in [0, 0.1) is 0 Å². The van der Waals surface area contributed by atoms with Crippen molar-refractivity contribution >= 4 is 52.4 Å². The van der Waals surface area contributed by atoms with E-state index >= 15 is 0 Å². The van der Waals surface area contributed by atoms with Crippen molar-refractivity contribution in [1.29, 1.82) is 0 Å². The molecule has 0 saturated heterocycles. The van der Waals surface area contributed by atoms with Crippen LogP contribution in [0.4, 0.5) is 17.5 Å². The highest BCUT2D eigenvalue weighted by Crippen LogP contribution is 2.22. The third-order valence-electron chi connectivity index (χ3n) is 2.73. The van der Waals surface area contributed by atoms with E-state index in [0.717, 1.165) is 16.6 Å². The number of nitrogen functional groups attached to an aromatic ring is 1. The van der Waals surface area contributed by atoms with Crippen molar-refractivity contribution in [1.82, 2.24) is 9.97 Å². The van der Waals surface area contributed by atoms with Gasteiger partial charge in [-0.2, -0.15) is 4.98 Å². The van der Waals surface area contributed by atoms with Gasteiger partial charge in [0.25, 0.3) is 0 Å². The van der Waals surface area contributed by atoms with E-state index in [0.29, 0.717) is 16.8 Å². The van der Waals surface area contributed by atoms with Crippen molar-refractivity contribution in [3.05, 3.63) is 53.6 Å². The molecular weight excluding hydrogens is 295 g/mol. The van der Waals surface area contributed by atoms with Crippen molar-refractivity contribution in [2.24, 2.45) is 0 Å². The van der Waals surface area contributed by atoms with Gasteiger partial charge in [0.1, 0.15) is 5.82 Å². The molecular formula is C14H12Cl2N4. The smallest absolute Gasteiger partial charge is 0.229 e. The van der Waals surface area contributed by atoms with Crippen LogP contribution in [0.25, 0.3) is 10.9 Å². The van der Waals surface area contributed by atoms with E-state index in [2.05, 4.69) is 15.3 Å². The van der Waals surface area contributed by atoms with E-state index in [9.17, 15) is 0 Å². The average Bonchev–Trinajstić information content (AvgIpc) is 2.42. The van der Waals surface area contributed by atoms with Gasteiger partial charge < -0.3 is 11.1 Å². The van der Waals surface area contributed by atoms with Crippen molar-refractivity contribution < 1.29 is 0 Å². The lowest BCUT2D eigenvalue weighted by atomic mass is 10.2. The Kier molecular flexibility index (Phi) is 4.27. The first-order chi connectivity index (χ1) is 9.22. The Bertz CT molecular complexity index is 729. The monoisotopic (exact) mass is 306 g/mol. The largest absolute Gasteiger partial charge is 0.383 e. The molecule has 0 unspecified atom stereocenters. The molecule has 6 heteroatoms. The van der Waals surface area contributed by atoms with Crippen LogP contribution in [-0.2, 0) is 0 Å². The highest BCUT2D eigenvalue weighted by Gasteiger charge is 2.04. The van der Waals surface area contributed by atoms with E-state index in [1.807, 2.05) is 36.4 Å². The number of hydrogen-bond donors (Lipinski definition) is 2. The second kappa shape index (κ2) is 5.94. The van der Waals surface area contributed by atoms with Gasteiger partial charge in [-0.05, 0) is 36.4 Å². The zero-order valence-electron chi connectivity index (χ0n) is 10.4. The summed E-state index contributed by atoms with van der Waals surface area (Å²) in [5.74, 6) is 0.931. The number of rotatable bonds is 2. The van der Waals surface area contributed by atoms with Gasteiger partial charge in [0, 0.05) is 16.1 Å². The Morgan fingerprint density at radius 1 is 0.950 bits per heavy atom. The van der Waals surface area contributed by atoms with Gasteiger partial charge in [-0.1, -0.05) is 23.7 Å². The molecule has 2 aromatic carbocycles. The number of fused-ring (bicyclic) bond motifs is 1. The fourth-order valence-electron chi connectivity index (χ4n) is 1.82. The number of anilines is 3. The van der Waals surface area contributed by atoms with Crippen LogP contribution in [0.3, 0.4) is 0 Å². The fourth-order valence-corrected chi connectivity index (χ4v) is 1.95. The van der Waals surface area contributed by atoms with Crippen LogP contribution in [0.5, 0.6) is 0 Å². The minimum Gasteiger partial charge on any atom is -0.383 e. The summed E-state index contributed by atoms with van der Waals surface area (Å²) < 4.78 is 0. The SMILES string of the molecule is Cl.Nc1nc(Nc2ccc(Cl)cc2)nc2ccccc12. The molecule has 0 radical (unpaired) electrons. The predicted octanol–water partition coefficient (Wildman–Crippen LogP) is 4.03. The molecule has 20 heavy (non-hydrogen) atoms. The van der Waals surface area contributed by atoms with Gasteiger partial charge in [0.2, 0.25) is 5.95 Å². The maximum absolute atomic E-state index is 5.92. The molecule has 1 heterocycles. The maximum atomic E-state index is 5.92. The highest BCUT2D eigenvalue weighted by molar-refractivity contribution is 6.30. The zero-order chi connectivity index (χ0) is 13.2. The summed E-state index contributed by atoms with van der Waals surface area (Å²) in [4.78, 5) is 8.66. The summed E-state index contributed by atoms with van der Waals surface area (Å²) >= 11 is 5.84. The van der Waals surface area contributed by atoms with Crippen molar-refractivity contribution in [2.45, 2.75) is 0 Å². The van der Waals surface area contributed by atoms with Gasteiger partial charge in [-0.25, -0.2) is 4.98 Å². The number of hydrogen-bond acceptors (Lipinski definition) is 4. The fraction of sp³-hybridized carbons (Fsp3) is 0. The van der Waals surface area contributed by atoms with Crippen LogP contribution < -0.4 is 11.1 Å². The van der Waals surface area contributed by atoms with Crippen molar-refractivity contribution in [3.8, 4) is 0 Å². The van der Waals surface area contributed by atoms with Crippen LogP contribution >= 0.6 is 24.0 Å². The minimum absolute atomic E-state index is 0. The predicted molar refractivity (Wildman–Crippen MR) is 85.9 cm³/mol. The molecule has 0 bridgehead atoms. The second-order valence-corrected chi connectivity index (χ2v) is 4.52. The summed E-state index contributed by atoms with van der Waals surface area (Å²) in [5.41, 5.74) is 7.59. The van der Waals surface area contributed by atoms with Crippen LogP contribution in [0.15, 0.2) is 48.5 Å². The number of benzene rings is 2. The molecule has 0 spiro atoms. The van der Waals surface area contributed by atoms with E-state index in [1.165, 1.54) is 0 Å². The lowest BCUT2D eigenvalue weighted by Gasteiger charge is -2.07. The second-order valence-electron chi connectivity index (χ2n) is 4.08. The molecule has 1 aromatic heterocycles. The molecule has 0 atom stereocenters. The molecule has 3 aromatic rings. The first kappa shape index (κ1) is 14.4. The topological polar surface area (TPSA) is 63.8 Å². The van der Waals surface area contributed by atoms with Crippen molar-refractivity contribution in [3.63, 3.8) is 0 Å². The van der Waals surface area contributed by atoms with Crippen LogP contribution in [0.2, 0.25) is 5.02 Å². The van der Waals surface area contributed by atoms with E-state index in [4.69, 9.17) is 17.3 Å². The van der Waals surface area contributed by atoms with Crippen LogP contribution in [0.1, 0.15) is 0 Å². The molecule has 0 saturated carbocycles. The molecule has 0 amide bonds. The quantitative estimate of drug-likeness (QED) is 0.750. The molecule has 0 fully saturated rings. The van der Waals surface area contributed by atoms with Gasteiger partial charge in [-0.3, -0.25) is 0 Å². The summed E-state index contributed by atoms with van der Waals surface area (Å²) in [6.07, 6.45) is 0. The zero-order valence-corrected chi connectivity index (χ0v) is 11.9. The maximum Gasteiger partial charge on any atom is 0.229 e. The average molecular weight is 307 g/mol. The summed E-state index contributed by atoms with van der Waals surface area (Å²) in [6.45, 7) is 0. The molecule has 3 N–H and O–H groups in total. The number of nitrogens with two attached hydrogens (primary N) is 1. The standard InChI is InChI=1S/C14H11ClN4.ClH/c15-9-5-7-10(8-6-9)17-14-18-12-4-2-1-3-11(12)13(16)19-14;/h1-8H,(H3,16,17,18,19);1H. The Hall–Kier alpha value is -2.04. The number of halogens is 2. The van der Waals surface area contributed by atoms with Crippen molar-refractivity contribution in [2.75, 3.05) is 11.1 Å². The Balaban J connectivity index is 0.00000147. The van der Waals surface area contributed by atoms with E-state index < -0.39 is 0 Å². The number of para-hydroxylation sites is 1. The molecule has 0 aliphatic rings. The first-order valence-electron chi connectivity index (χ1n) is 5.77. The highest BCUT2D eigenvalue weighted by atomic mass is 35.5. The first-order valence-corrected chi connectivity index (χ1v) is 6.15. The normalized spacial score (nSPS) is 10.1. The van der Waals surface area contributed by atoms with Crippen LogP contribution in [-0.4, -0.2) is 9.97 Å². The number of aromatic nitrogens is 2. The van der Waals surface area contributed by atoms with Gasteiger partial charge in [0.15, 0.2) is 0 Å². The summed E-state index contributed by atoms with van der Waals surface area (Å²) in [7, 11) is 0. The summed E-state index contributed by atoms with van der Waals surface area (Å²) in [5, 5.41) is 4.64. The number of nitrogens with one attached hydrogen (secondary N) is 1. The minimum atomic E-state index is 0. The Morgan fingerprint density at radius 3 is 2.40 bits per heavy atom. The molecule has 0 aliphatic carbocycles. The van der Waals surface area contributed by atoms with Gasteiger partial charge >= 0.3 is 0 Å². The molecule has 4 nitrogen and oxygen atoms in total. The molecule has 0 aliphatic heterocycles. The molecule has 3 rings (SSSR count). The third kappa shape index (κ3) is 2.92. The lowest BCUT2D eigenvalue weighted by molar-refractivity contribution is 1.22. The Morgan fingerprint density at radius 2 is 1.65 bits per heavy atom. The Labute approximate surface area is 127 Å². The lowest BCUT2D eigenvalue weighted by Crippen LogP contribution is -2.01. The number of nitrogens with zero attached hydrogens (tertiary/aromatic N) is 2. The third-order valence-corrected chi connectivity index (χ3v) is 2.99. The van der Waals surface area contributed by atoms with Gasteiger partial charge in [0.05, 0.1) is 5.52 Å². The van der Waals surface area contributed by atoms with E-state index in [1.54, 1.807) is 12.1 Å². The van der Waals surface area contributed by atoms with Gasteiger partial charge in [-0.15, -0.1) is 12.4 Å².